The van der Waals surface area contributed by atoms with Gasteiger partial charge in [-0.2, -0.15) is 79.0 Å². The van der Waals surface area contributed by atoms with Gasteiger partial charge in [-0.3, -0.25) is 0 Å². The van der Waals surface area contributed by atoms with Crippen LogP contribution in [0, 0.1) is 0 Å². The average molecular weight is 554 g/mol. The van der Waals surface area contributed by atoms with Crippen molar-refractivity contribution in [1.82, 2.24) is 0 Å². The Balaban J connectivity index is 6.76. The van der Waals surface area contributed by atoms with Crippen molar-refractivity contribution in [2.75, 3.05) is 0 Å². The maximum atomic E-state index is 13.6. The van der Waals surface area contributed by atoms with Crippen LogP contribution in [0.5, 0.6) is 0 Å². The largest absolute Gasteiger partial charge is 0.438 e. The summed E-state index contributed by atoms with van der Waals surface area (Å²) >= 11 is 0. The summed E-state index contributed by atoms with van der Waals surface area (Å²) in [5.74, 6) is -49.3. The zero-order valence-electron chi connectivity index (χ0n) is 16.2. The van der Waals surface area contributed by atoms with Crippen molar-refractivity contribution < 1.29 is 83.4 Å². The van der Waals surface area contributed by atoms with Gasteiger partial charge in [-0.05, 0) is 6.42 Å². The lowest BCUT2D eigenvalue weighted by molar-refractivity contribution is -0.472. The summed E-state index contributed by atoms with van der Waals surface area (Å²) in [6.45, 7) is 1.41. The van der Waals surface area contributed by atoms with E-state index in [0.29, 0.717) is 0 Å². The smallest absolute Gasteiger partial charge is 0.216 e. The number of unbranched alkanes of at least 4 members (excludes halogenated alkanes) is 3. The predicted octanol–water partition coefficient (Wildman–Crippen LogP) is 8.60. The maximum absolute atomic E-state index is 13.6. The van der Waals surface area contributed by atoms with Crippen LogP contribution in [-0.2, 0) is 0 Å². The van der Waals surface area contributed by atoms with Gasteiger partial charge in [0.15, 0.2) is 0 Å². The lowest BCUT2D eigenvalue weighted by Crippen LogP contribution is -2.77. The predicted molar refractivity (Wildman–Crippen MR) is 74.4 cm³/mol. The third-order valence-electron chi connectivity index (χ3n) is 4.59. The minimum Gasteiger partial charge on any atom is -0.216 e. The van der Waals surface area contributed by atoms with Crippen LogP contribution in [0.3, 0.4) is 0 Å². The molecule has 0 N–H and O–H groups in total. The molecule has 0 fully saturated rings. The van der Waals surface area contributed by atoms with Crippen molar-refractivity contribution in [2.24, 2.45) is 0 Å². The van der Waals surface area contributed by atoms with Gasteiger partial charge < -0.3 is 0 Å². The van der Waals surface area contributed by atoms with E-state index in [2.05, 4.69) is 0 Å². The van der Waals surface area contributed by atoms with Crippen molar-refractivity contribution in [3.05, 3.63) is 0 Å². The molecule has 0 atom stereocenters. The molecule has 0 aliphatic rings. The number of hydrogen-bond donors (Lipinski definition) is 0. The SMILES string of the molecule is CCCCCCC(F)(F)C(F)(F)C(F)(F)C(F)(F)C(F)(F)C(F)(F)C(F)(C(F)(F)F)C(F)(F)F. The summed E-state index contributed by atoms with van der Waals surface area (Å²) in [7, 11) is 0. The van der Waals surface area contributed by atoms with Gasteiger partial charge in [0.25, 0.3) is 0 Å². The fourth-order valence-corrected chi connectivity index (χ4v) is 2.49. The molecule has 206 valence electrons. The van der Waals surface area contributed by atoms with Gasteiger partial charge in [-0.25, -0.2) is 4.39 Å². The third kappa shape index (κ3) is 4.48. The first-order valence-corrected chi connectivity index (χ1v) is 8.65. The number of rotatable bonds is 11. The van der Waals surface area contributed by atoms with E-state index in [4.69, 9.17) is 0 Å². The fraction of sp³-hybridized carbons (Fsp3) is 1.00. The lowest BCUT2D eigenvalue weighted by atomic mass is 9.83. The molecule has 0 aromatic carbocycles. The van der Waals surface area contributed by atoms with Crippen molar-refractivity contribution in [1.29, 1.82) is 0 Å². The monoisotopic (exact) mass is 554 g/mol. The molecule has 0 saturated heterocycles. The Labute approximate surface area is 177 Å². The fourth-order valence-electron chi connectivity index (χ4n) is 2.49. The van der Waals surface area contributed by atoms with E-state index in [9.17, 15) is 83.4 Å². The van der Waals surface area contributed by atoms with E-state index in [0.717, 1.165) is 0 Å². The van der Waals surface area contributed by atoms with E-state index < -0.39 is 72.8 Å². The Kier molecular flexibility index (Phi) is 8.61. The van der Waals surface area contributed by atoms with Crippen molar-refractivity contribution in [3.8, 4) is 0 Å². The van der Waals surface area contributed by atoms with Gasteiger partial charge in [-0.15, -0.1) is 0 Å². The molecule has 0 aromatic rings. The van der Waals surface area contributed by atoms with Crippen LogP contribution in [0.2, 0.25) is 0 Å². The van der Waals surface area contributed by atoms with Crippen molar-refractivity contribution >= 4 is 0 Å². The Morgan fingerprint density at radius 3 is 1.03 bits per heavy atom. The zero-order valence-corrected chi connectivity index (χ0v) is 16.2. The van der Waals surface area contributed by atoms with Gasteiger partial charge >= 0.3 is 53.6 Å². The molecule has 0 heterocycles. The first kappa shape index (κ1) is 32.7. The highest BCUT2D eigenvalue weighted by Gasteiger charge is 2.98. The molecule has 0 saturated carbocycles. The van der Waals surface area contributed by atoms with Crippen LogP contribution >= 0.6 is 0 Å². The average Bonchev–Trinajstić information content (AvgIpc) is 2.61. The molecule has 0 spiro atoms. The second-order valence-electron chi connectivity index (χ2n) is 7.04. The standard InChI is InChI=1S/C15H13F19/c1-2-3-4-5-6-7(16,17)9(19,20)11(23,24)13(27,28)12(25,26)10(21,22)8(18,14(29,30)31)15(32,33)34/h2-6H2,1H3. The van der Waals surface area contributed by atoms with E-state index in [1.54, 1.807) is 0 Å². The van der Waals surface area contributed by atoms with Crippen LogP contribution in [0.25, 0.3) is 0 Å². The normalized spacial score (nSPS) is 16.2. The molecule has 0 nitrogen and oxygen atoms in total. The van der Waals surface area contributed by atoms with Crippen molar-refractivity contribution in [3.63, 3.8) is 0 Å². The molecule has 0 aliphatic heterocycles. The van der Waals surface area contributed by atoms with Crippen LogP contribution in [0.15, 0.2) is 0 Å². The highest BCUT2D eigenvalue weighted by Crippen LogP contribution is 2.66. The minimum absolute atomic E-state index is 0.0219. The molecular weight excluding hydrogens is 541 g/mol. The van der Waals surface area contributed by atoms with Gasteiger partial charge in [-0.1, -0.05) is 26.2 Å². The number of hydrogen-bond acceptors (Lipinski definition) is 0. The maximum Gasteiger partial charge on any atom is 0.438 e. The van der Waals surface area contributed by atoms with Crippen LogP contribution < -0.4 is 0 Å². The molecule has 0 bridgehead atoms. The number of alkyl halides is 19. The second kappa shape index (κ2) is 8.96. The molecule has 0 amide bonds. The molecular formula is C15H13F19. The Morgan fingerprint density at radius 2 is 0.706 bits per heavy atom. The summed E-state index contributed by atoms with van der Waals surface area (Å²) in [6.07, 6.45) is -20.4. The van der Waals surface area contributed by atoms with Gasteiger partial charge in [0.2, 0.25) is 0 Å². The van der Waals surface area contributed by atoms with Gasteiger partial charge in [0.1, 0.15) is 0 Å². The van der Waals surface area contributed by atoms with Crippen molar-refractivity contribution in [2.45, 2.75) is 92.6 Å². The van der Waals surface area contributed by atoms with Crippen LogP contribution in [0.1, 0.15) is 39.0 Å². The summed E-state index contributed by atoms with van der Waals surface area (Å²) in [5, 5.41) is 0. The van der Waals surface area contributed by atoms with E-state index in [-0.39, 0.29) is 12.8 Å². The summed E-state index contributed by atoms with van der Waals surface area (Å²) < 4.78 is 250. The van der Waals surface area contributed by atoms with Gasteiger partial charge in [0.05, 0.1) is 0 Å². The highest BCUT2D eigenvalue weighted by molar-refractivity contribution is 5.19. The van der Waals surface area contributed by atoms with E-state index in [1.165, 1.54) is 6.92 Å². The minimum atomic E-state index is -8.96. The first-order valence-electron chi connectivity index (χ1n) is 8.65. The number of halogens is 19. The van der Waals surface area contributed by atoms with Crippen LogP contribution in [0.4, 0.5) is 83.4 Å². The molecule has 0 aromatic heterocycles. The Morgan fingerprint density at radius 1 is 0.382 bits per heavy atom. The Hall–Kier alpha value is -1.33. The third-order valence-corrected chi connectivity index (χ3v) is 4.59. The van der Waals surface area contributed by atoms with Gasteiger partial charge in [0, 0.05) is 6.42 Å². The molecule has 0 unspecified atom stereocenters. The quantitative estimate of drug-likeness (QED) is 0.177. The van der Waals surface area contributed by atoms with Crippen LogP contribution in [-0.4, -0.2) is 53.6 Å². The summed E-state index contributed by atoms with van der Waals surface area (Å²) in [5.41, 5.74) is -8.70. The molecule has 0 rings (SSSR count). The molecule has 19 heteroatoms. The van der Waals surface area contributed by atoms with E-state index in [1.807, 2.05) is 0 Å². The van der Waals surface area contributed by atoms with E-state index >= 15 is 0 Å². The topological polar surface area (TPSA) is 0 Å². The zero-order chi connectivity index (χ0) is 28.0. The summed E-state index contributed by atoms with van der Waals surface area (Å²) in [4.78, 5) is 0. The molecule has 0 aliphatic carbocycles. The summed E-state index contributed by atoms with van der Waals surface area (Å²) in [6, 6.07) is 0. The molecule has 0 radical (unpaired) electrons. The highest BCUT2D eigenvalue weighted by atomic mass is 19.4. The first-order chi connectivity index (χ1) is 14.6. The second-order valence-corrected chi connectivity index (χ2v) is 7.04. The Bertz CT molecular complexity index is 669. The molecule has 34 heavy (non-hydrogen) atoms. The lowest BCUT2D eigenvalue weighted by Gasteiger charge is -2.45.